The van der Waals surface area contributed by atoms with Crippen LogP contribution in [0.1, 0.15) is 0 Å². The molecule has 0 amide bonds. The molecule has 0 bridgehead atoms. The molecular formula is C68H44N6. The van der Waals surface area contributed by atoms with Gasteiger partial charge in [0.15, 0.2) is 34.9 Å². The van der Waals surface area contributed by atoms with Gasteiger partial charge in [-0.2, -0.15) is 0 Å². The van der Waals surface area contributed by atoms with E-state index < -0.39 is 0 Å². The molecule has 0 aliphatic carbocycles. The van der Waals surface area contributed by atoms with Gasteiger partial charge in [-0.25, -0.2) is 29.9 Å². The molecule has 2 aromatic heterocycles. The van der Waals surface area contributed by atoms with Crippen LogP contribution in [-0.2, 0) is 0 Å². The lowest BCUT2D eigenvalue weighted by Crippen LogP contribution is -2.00. The highest BCUT2D eigenvalue weighted by molar-refractivity contribution is 6.15. The lowest BCUT2D eigenvalue weighted by molar-refractivity contribution is 1.07. The molecule has 6 nitrogen and oxygen atoms in total. The smallest absolute Gasteiger partial charge is 0.164 e. The lowest BCUT2D eigenvalue weighted by atomic mass is 9.83. The summed E-state index contributed by atoms with van der Waals surface area (Å²) in [7, 11) is 0. The molecule has 0 spiro atoms. The Kier molecular flexibility index (Phi) is 11.4. The highest BCUT2D eigenvalue weighted by Crippen LogP contribution is 2.46. The van der Waals surface area contributed by atoms with Crippen molar-refractivity contribution in [3.63, 3.8) is 0 Å². The summed E-state index contributed by atoms with van der Waals surface area (Å²) in [5.74, 6) is 3.73. The van der Waals surface area contributed by atoms with Gasteiger partial charge in [-0.1, -0.05) is 267 Å². The third kappa shape index (κ3) is 8.56. The molecule has 346 valence electrons. The average Bonchev–Trinajstić information content (AvgIpc) is 3.49. The molecule has 74 heavy (non-hydrogen) atoms. The van der Waals surface area contributed by atoms with E-state index in [2.05, 4.69) is 170 Å². The zero-order valence-electron chi connectivity index (χ0n) is 40.1. The summed E-state index contributed by atoms with van der Waals surface area (Å²) in [5, 5.41) is 4.67. The largest absolute Gasteiger partial charge is 0.208 e. The van der Waals surface area contributed by atoms with E-state index in [0.29, 0.717) is 34.9 Å². The molecule has 13 rings (SSSR count). The minimum Gasteiger partial charge on any atom is -0.208 e. The molecule has 0 saturated carbocycles. The van der Waals surface area contributed by atoms with Crippen molar-refractivity contribution < 1.29 is 0 Å². The second kappa shape index (κ2) is 19.3. The first kappa shape index (κ1) is 43.9. The lowest BCUT2D eigenvalue weighted by Gasteiger charge is -2.20. The molecule has 0 aliphatic heterocycles. The number of aromatic nitrogens is 6. The van der Waals surface area contributed by atoms with Crippen molar-refractivity contribution in [2.24, 2.45) is 0 Å². The molecule has 0 saturated heterocycles. The first-order valence-corrected chi connectivity index (χ1v) is 24.8. The highest BCUT2D eigenvalue weighted by Gasteiger charge is 2.21. The van der Waals surface area contributed by atoms with Crippen molar-refractivity contribution in [1.29, 1.82) is 0 Å². The van der Waals surface area contributed by atoms with Crippen LogP contribution in [0.2, 0.25) is 0 Å². The van der Waals surface area contributed by atoms with Crippen LogP contribution in [0, 0.1) is 0 Å². The van der Waals surface area contributed by atoms with Gasteiger partial charge in [-0.3, -0.25) is 0 Å². The normalized spacial score (nSPS) is 11.2. The fraction of sp³-hybridized carbons (Fsp3) is 0. The van der Waals surface area contributed by atoms with Gasteiger partial charge in [0.05, 0.1) is 0 Å². The number of fused-ring (bicyclic) bond motifs is 2. The van der Waals surface area contributed by atoms with E-state index >= 15 is 0 Å². The van der Waals surface area contributed by atoms with Crippen LogP contribution in [0.4, 0.5) is 0 Å². The molecule has 0 N–H and O–H groups in total. The van der Waals surface area contributed by atoms with E-state index in [9.17, 15) is 0 Å². The van der Waals surface area contributed by atoms with Crippen LogP contribution in [0.3, 0.4) is 0 Å². The van der Waals surface area contributed by atoms with Crippen molar-refractivity contribution in [1.82, 2.24) is 29.9 Å². The molecule has 0 aliphatic rings. The Bertz CT molecular complexity index is 4070. The first-order chi connectivity index (χ1) is 36.7. The van der Waals surface area contributed by atoms with Gasteiger partial charge in [0.2, 0.25) is 0 Å². The van der Waals surface area contributed by atoms with Gasteiger partial charge >= 0.3 is 0 Å². The minimum atomic E-state index is 0.607. The van der Waals surface area contributed by atoms with Gasteiger partial charge in [0, 0.05) is 33.4 Å². The predicted octanol–water partition coefficient (Wildman–Crippen LogP) is 17.0. The van der Waals surface area contributed by atoms with Crippen LogP contribution in [0.25, 0.3) is 134 Å². The van der Waals surface area contributed by atoms with E-state index in [1.165, 1.54) is 21.5 Å². The van der Waals surface area contributed by atoms with E-state index in [1.807, 2.05) is 97.1 Å². The standard InChI is InChI=1S/C68H44N6/c1-5-17-45(18-6-1)46-29-35-54(36-30-46)66-72-65(53-25-11-4-12-26-53)73-68(74-66)56-39-33-50(34-40-56)60-44-42-48-20-14-16-28-58(48)62(60)61-57-27-15-13-19-47(57)41-43-59(61)49-31-37-55(38-32-49)67-70-63(51-21-7-2-8-22-51)69-64(71-67)52-23-9-3-10-24-52/h1-44H. The number of hydrogen-bond donors (Lipinski definition) is 0. The molecule has 0 radical (unpaired) electrons. The predicted molar refractivity (Wildman–Crippen MR) is 303 cm³/mol. The summed E-state index contributed by atoms with van der Waals surface area (Å²) in [6.07, 6.45) is 0. The van der Waals surface area contributed by atoms with Gasteiger partial charge in [0.25, 0.3) is 0 Å². The van der Waals surface area contributed by atoms with Gasteiger partial charge in [0.1, 0.15) is 0 Å². The van der Waals surface area contributed by atoms with Crippen molar-refractivity contribution in [2.45, 2.75) is 0 Å². The Morgan fingerprint density at radius 1 is 0.162 bits per heavy atom. The molecule has 6 heteroatoms. The summed E-state index contributed by atoms with van der Waals surface area (Å²) in [6.45, 7) is 0. The van der Waals surface area contributed by atoms with Crippen LogP contribution in [-0.4, -0.2) is 29.9 Å². The maximum atomic E-state index is 5.12. The van der Waals surface area contributed by atoms with Crippen LogP contribution < -0.4 is 0 Å². The fourth-order valence-electron chi connectivity index (χ4n) is 9.89. The summed E-state index contributed by atoms with van der Waals surface area (Å²) in [4.78, 5) is 30.2. The number of benzene rings is 11. The average molecular weight is 945 g/mol. The Labute approximate surface area is 429 Å². The van der Waals surface area contributed by atoms with Gasteiger partial charge in [-0.15, -0.1) is 0 Å². The van der Waals surface area contributed by atoms with Crippen LogP contribution in [0.15, 0.2) is 267 Å². The Balaban J connectivity index is 0.917. The van der Waals surface area contributed by atoms with Gasteiger partial charge < -0.3 is 0 Å². The summed E-state index contributed by atoms with van der Waals surface area (Å²) in [5.41, 5.74) is 14.5. The molecule has 2 heterocycles. The van der Waals surface area contributed by atoms with Crippen LogP contribution in [0.5, 0.6) is 0 Å². The number of rotatable bonds is 10. The van der Waals surface area contributed by atoms with Crippen molar-refractivity contribution in [3.8, 4) is 113 Å². The van der Waals surface area contributed by atoms with E-state index in [4.69, 9.17) is 29.9 Å². The van der Waals surface area contributed by atoms with E-state index in [0.717, 1.165) is 77.9 Å². The summed E-state index contributed by atoms with van der Waals surface area (Å²) in [6, 6.07) is 92.9. The summed E-state index contributed by atoms with van der Waals surface area (Å²) < 4.78 is 0. The molecule has 13 aromatic rings. The third-order valence-electron chi connectivity index (χ3n) is 13.6. The van der Waals surface area contributed by atoms with E-state index in [-0.39, 0.29) is 0 Å². The quantitative estimate of drug-likeness (QED) is 0.136. The Hall–Kier alpha value is -10.0. The zero-order chi connectivity index (χ0) is 49.2. The second-order valence-corrected chi connectivity index (χ2v) is 18.2. The maximum Gasteiger partial charge on any atom is 0.164 e. The first-order valence-electron chi connectivity index (χ1n) is 24.8. The second-order valence-electron chi connectivity index (χ2n) is 18.2. The molecular weight excluding hydrogens is 901 g/mol. The maximum absolute atomic E-state index is 5.12. The number of hydrogen-bond acceptors (Lipinski definition) is 6. The Morgan fingerprint density at radius 2 is 0.392 bits per heavy atom. The molecule has 0 atom stereocenters. The molecule has 0 unspecified atom stereocenters. The topological polar surface area (TPSA) is 77.3 Å². The SMILES string of the molecule is c1ccc(-c2ccc(-c3nc(-c4ccccc4)nc(-c4ccc(-c5ccc6ccccc6c5-c5c(-c6ccc(-c7nc(-c8ccccc8)nc(-c8ccccc8)n7)cc6)ccc6ccccc56)cc4)n3)cc2)cc1. The third-order valence-corrected chi connectivity index (χ3v) is 13.6. The van der Waals surface area contributed by atoms with Crippen molar-refractivity contribution in [2.75, 3.05) is 0 Å². The molecule has 11 aromatic carbocycles. The monoisotopic (exact) mass is 944 g/mol. The summed E-state index contributed by atoms with van der Waals surface area (Å²) >= 11 is 0. The Morgan fingerprint density at radius 3 is 0.716 bits per heavy atom. The zero-order valence-corrected chi connectivity index (χ0v) is 40.1. The van der Waals surface area contributed by atoms with Gasteiger partial charge in [-0.05, 0) is 66.1 Å². The van der Waals surface area contributed by atoms with Crippen molar-refractivity contribution >= 4 is 21.5 Å². The number of nitrogens with zero attached hydrogens (tertiary/aromatic N) is 6. The minimum absolute atomic E-state index is 0.607. The van der Waals surface area contributed by atoms with E-state index in [1.54, 1.807) is 0 Å². The van der Waals surface area contributed by atoms with Crippen LogP contribution >= 0.6 is 0 Å². The molecule has 0 fully saturated rings. The highest BCUT2D eigenvalue weighted by atomic mass is 15.0. The van der Waals surface area contributed by atoms with Crippen molar-refractivity contribution in [3.05, 3.63) is 267 Å². The fourth-order valence-corrected chi connectivity index (χ4v) is 9.89.